The van der Waals surface area contributed by atoms with Gasteiger partial charge in [0.2, 0.25) is 15.9 Å². The van der Waals surface area contributed by atoms with E-state index in [2.05, 4.69) is 0 Å². The van der Waals surface area contributed by atoms with Gasteiger partial charge in [-0.05, 0) is 42.8 Å². The van der Waals surface area contributed by atoms with Crippen LogP contribution in [0.2, 0.25) is 5.02 Å². The van der Waals surface area contributed by atoms with Crippen molar-refractivity contribution >= 4 is 27.5 Å². The van der Waals surface area contributed by atoms with Crippen molar-refractivity contribution in [2.24, 2.45) is 11.7 Å². The first-order valence-electron chi connectivity index (χ1n) is 8.93. The Balaban J connectivity index is 2.46. The predicted molar refractivity (Wildman–Crippen MR) is 105 cm³/mol. The lowest BCUT2D eigenvalue weighted by molar-refractivity contribution is -0.140. The van der Waals surface area contributed by atoms with Crippen molar-refractivity contribution in [2.75, 3.05) is 6.54 Å². The molecule has 1 aliphatic rings. The molecular weight excluding hydrogens is 462 g/mol. The molecule has 0 fully saturated rings. The maximum Gasteiger partial charge on any atom is 0.389 e. The zero-order valence-electron chi connectivity index (χ0n) is 15.9. The molecule has 0 aliphatic heterocycles. The molecule has 0 aromatic heterocycles. The molecule has 2 rings (SSSR count). The Labute approximate surface area is 181 Å². The zero-order chi connectivity index (χ0) is 23.4. The van der Waals surface area contributed by atoms with Crippen LogP contribution in [0.25, 0.3) is 0 Å². The van der Waals surface area contributed by atoms with E-state index in [0.29, 0.717) is 4.31 Å². The number of benzene rings is 1. The van der Waals surface area contributed by atoms with Crippen LogP contribution in [0, 0.1) is 17.2 Å². The van der Waals surface area contributed by atoms with Crippen molar-refractivity contribution in [1.29, 1.82) is 5.26 Å². The largest absolute Gasteiger partial charge is 0.389 e. The number of primary amides is 1. The normalized spacial score (nSPS) is 20.2. The fraction of sp³-hybridized carbons (Fsp3) is 0.368. The number of nitrogens with zero attached hydrogens (tertiary/aromatic N) is 2. The number of nitriles is 1. The molecule has 1 aromatic carbocycles. The van der Waals surface area contributed by atoms with Gasteiger partial charge in [0, 0.05) is 23.9 Å². The number of hydrogen-bond acceptors (Lipinski definition) is 4. The van der Waals surface area contributed by atoms with Crippen LogP contribution in [0.3, 0.4) is 0 Å². The number of allylic oxidation sites excluding steroid dienone is 3. The average molecular weight is 480 g/mol. The van der Waals surface area contributed by atoms with Crippen molar-refractivity contribution in [3.05, 3.63) is 53.1 Å². The third-order valence-corrected chi connectivity index (χ3v) is 6.73. The van der Waals surface area contributed by atoms with Crippen LogP contribution in [0.1, 0.15) is 12.8 Å². The highest BCUT2D eigenvalue weighted by Gasteiger charge is 2.40. The number of amides is 1. The lowest BCUT2D eigenvalue weighted by Gasteiger charge is -2.32. The van der Waals surface area contributed by atoms with E-state index < -0.39 is 59.6 Å². The van der Waals surface area contributed by atoms with E-state index in [4.69, 9.17) is 22.6 Å². The number of hydrogen-bond donors (Lipinski definition) is 1. The second kappa shape index (κ2) is 9.80. The van der Waals surface area contributed by atoms with Crippen LogP contribution in [-0.4, -0.2) is 43.6 Å². The molecule has 2 N–H and O–H groups in total. The Kier molecular flexibility index (Phi) is 7.86. The fourth-order valence-electron chi connectivity index (χ4n) is 2.99. The first-order valence-corrected chi connectivity index (χ1v) is 10.7. The number of nitrogens with two attached hydrogens (primary N) is 1. The summed E-state index contributed by atoms with van der Waals surface area (Å²) >= 11 is 5.76. The summed E-state index contributed by atoms with van der Waals surface area (Å²) in [6, 6.07) is 4.60. The van der Waals surface area contributed by atoms with E-state index >= 15 is 0 Å². The van der Waals surface area contributed by atoms with E-state index in [1.54, 1.807) is 6.07 Å². The molecule has 0 radical (unpaired) electrons. The van der Waals surface area contributed by atoms with Gasteiger partial charge in [-0.3, -0.25) is 4.79 Å². The summed E-state index contributed by atoms with van der Waals surface area (Å²) in [6.07, 6.45) is -5.39. The van der Waals surface area contributed by atoms with Gasteiger partial charge in [-0.2, -0.15) is 22.7 Å². The number of alkyl halides is 4. The fourth-order valence-corrected chi connectivity index (χ4v) is 4.78. The summed E-state index contributed by atoms with van der Waals surface area (Å²) in [6.45, 7) is -0.663. The molecule has 1 amide bonds. The van der Waals surface area contributed by atoms with Gasteiger partial charge in [-0.25, -0.2) is 12.8 Å². The number of carbonyl (C=O) groups is 1. The van der Waals surface area contributed by atoms with Gasteiger partial charge in [0.15, 0.2) is 0 Å². The molecule has 3 atom stereocenters. The quantitative estimate of drug-likeness (QED) is 0.576. The molecule has 2 unspecified atom stereocenters. The molecule has 12 heteroatoms. The van der Waals surface area contributed by atoms with E-state index in [-0.39, 0.29) is 15.5 Å². The zero-order valence-corrected chi connectivity index (χ0v) is 17.5. The molecule has 31 heavy (non-hydrogen) atoms. The third-order valence-electron chi connectivity index (χ3n) is 4.59. The standard InChI is InChI=1S/C19H18ClF4N3O3S/c20-14-3-5-15(6-4-14)31(29,30)27(17(18(26)28)7-8-19(22,23)24)11-13-2-1-12(10-25)9-16(13)21/h1-6,9,13,16-17H,7-8,11H2,(H2,26,28)/t13?,16?,17-/m1/s1. The Morgan fingerprint density at radius 1 is 1.29 bits per heavy atom. The van der Waals surface area contributed by atoms with Gasteiger partial charge in [0.05, 0.1) is 16.5 Å². The van der Waals surface area contributed by atoms with Crippen LogP contribution in [0.5, 0.6) is 0 Å². The van der Waals surface area contributed by atoms with Crippen LogP contribution in [-0.2, 0) is 14.8 Å². The van der Waals surface area contributed by atoms with Gasteiger partial charge in [-0.15, -0.1) is 0 Å². The second-order valence-electron chi connectivity index (χ2n) is 6.80. The Bertz CT molecular complexity index is 1020. The van der Waals surface area contributed by atoms with E-state index in [0.717, 1.165) is 18.2 Å². The van der Waals surface area contributed by atoms with Gasteiger partial charge in [0.1, 0.15) is 12.2 Å². The van der Waals surface area contributed by atoms with Crippen molar-refractivity contribution in [3.63, 3.8) is 0 Å². The smallest absolute Gasteiger partial charge is 0.368 e. The summed E-state index contributed by atoms with van der Waals surface area (Å²) in [5.41, 5.74) is 5.26. The van der Waals surface area contributed by atoms with E-state index in [9.17, 15) is 30.8 Å². The van der Waals surface area contributed by atoms with Crippen LogP contribution in [0.15, 0.2) is 53.0 Å². The monoisotopic (exact) mass is 479 g/mol. The molecule has 0 saturated carbocycles. The molecule has 1 aliphatic carbocycles. The molecule has 0 saturated heterocycles. The molecule has 6 nitrogen and oxygen atoms in total. The second-order valence-corrected chi connectivity index (χ2v) is 9.13. The van der Waals surface area contributed by atoms with Gasteiger partial charge in [0.25, 0.3) is 0 Å². The number of halogens is 5. The van der Waals surface area contributed by atoms with Crippen molar-refractivity contribution < 1.29 is 30.8 Å². The summed E-state index contributed by atoms with van der Waals surface area (Å²) in [7, 11) is -4.55. The van der Waals surface area contributed by atoms with Crippen LogP contribution < -0.4 is 5.73 Å². The van der Waals surface area contributed by atoms with Gasteiger partial charge in [-0.1, -0.05) is 17.7 Å². The molecule has 0 heterocycles. The van der Waals surface area contributed by atoms with Crippen molar-refractivity contribution in [2.45, 2.75) is 36.1 Å². The lowest BCUT2D eigenvalue weighted by Crippen LogP contribution is -2.50. The maximum atomic E-state index is 14.5. The highest BCUT2D eigenvalue weighted by atomic mass is 35.5. The number of carbonyl (C=O) groups excluding carboxylic acids is 1. The maximum absolute atomic E-state index is 14.5. The lowest BCUT2D eigenvalue weighted by atomic mass is 9.94. The van der Waals surface area contributed by atoms with Crippen LogP contribution in [0.4, 0.5) is 17.6 Å². The van der Waals surface area contributed by atoms with E-state index in [1.165, 1.54) is 24.3 Å². The molecule has 168 valence electrons. The number of sulfonamides is 1. The first-order chi connectivity index (χ1) is 14.3. The third kappa shape index (κ3) is 6.53. The molecule has 1 aromatic rings. The highest BCUT2D eigenvalue weighted by Crippen LogP contribution is 2.30. The summed E-state index contributed by atoms with van der Waals surface area (Å²) in [5.74, 6) is -2.45. The minimum absolute atomic E-state index is 0.0133. The first kappa shape index (κ1) is 24.8. The summed E-state index contributed by atoms with van der Waals surface area (Å²) in [5, 5.41) is 9.07. The summed E-state index contributed by atoms with van der Waals surface area (Å²) < 4.78 is 79.7. The van der Waals surface area contributed by atoms with Crippen molar-refractivity contribution in [1.82, 2.24) is 4.31 Å². The minimum atomic E-state index is -4.67. The molecule has 0 bridgehead atoms. The summed E-state index contributed by atoms with van der Waals surface area (Å²) in [4.78, 5) is 11.6. The number of rotatable bonds is 8. The van der Waals surface area contributed by atoms with E-state index in [1.807, 2.05) is 0 Å². The molecular formula is C19H18ClF4N3O3S. The minimum Gasteiger partial charge on any atom is -0.368 e. The SMILES string of the molecule is N#CC1=CC(F)C(CN([C@H](CCC(F)(F)F)C(N)=O)S(=O)(=O)c2ccc(Cl)cc2)C=C1. The Morgan fingerprint density at radius 3 is 2.39 bits per heavy atom. The Morgan fingerprint density at radius 2 is 1.90 bits per heavy atom. The van der Waals surface area contributed by atoms with Gasteiger partial charge < -0.3 is 5.73 Å². The van der Waals surface area contributed by atoms with Crippen LogP contribution >= 0.6 is 11.6 Å². The topological polar surface area (TPSA) is 104 Å². The highest BCUT2D eigenvalue weighted by molar-refractivity contribution is 7.89. The average Bonchev–Trinajstić information content (AvgIpc) is 2.67. The van der Waals surface area contributed by atoms with Gasteiger partial charge >= 0.3 is 6.18 Å². The van der Waals surface area contributed by atoms with Crippen molar-refractivity contribution in [3.8, 4) is 6.07 Å². The molecule has 0 spiro atoms. The predicted octanol–water partition coefficient (Wildman–Crippen LogP) is 3.50. The Hall–Kier alpha value is -2.42.